The number of hydrogen-bond acceptors (Lipinski definition) is 6. The van der Waals surface area contributed by atoms with E-state index in [4.69, 9.17) is 4.42 Å². The first-order valence-corrected chi connectivity index (χ1v) is 15.0. The highest BCUT2D eigenvalue weighted by Gasteiger charge is 2.69. The molecular formula is C31H46N2O5. The summed E-state index contributed by atoms with van der Waals surface area (Å²) in [6.07, 6.45) is 10.00. The molecule has 1 aliphatic heterocycles. The zero-order valence-electron chi connectivity index (χ0n) is 23.4. The standard InChI is InChI=1S/C31H46N2O5/c1-29-10-8-23(33-14-12-32(3)13-15-33)17-22(29)5-6-25-24(29)9-11-30(2)28(20-4-7-27(36)38-19-20)21(16-26(34)35)18-31(25,30)37/h4,7,19,21-25,28,37H,5-6,8-18H2,1-3H3,(H,34,35)/t21-,22-,23+,24+,25-,28+,29+,30-,31+/m1/s1. The number of hydrogen-bond donors (Lipinski definition) is 2. The van der Waals surface area contributed by atoms with E-state index in [1.54, 1.807) is 6.07 Å². The average molecular weight is 527 g/mol. The number of carbonyl (C=O) groups is 1. The molecule has 9 atom stereocenters. The highest BCUT2D eigenvalue weighted by Crippen LogP contribution is 2.72. The second kappa shape index (κ2) is 9.45. The van der Waals surface area contributed by atoms with E-state index in [9.17, 15) is 19.8 Å². The van der Waals surface area contributed by atoms with Crippen molar-refractivity contribution in [3.63, 3.8) is 0 Å². The summed E-state index contributed by atoms with van der Waals surface area (Å²) >= 11 is 0. The summed E-state index contributed by atoms with van der Waals surface area (Å²) in [5.74, 6) is 0.244. The quantitative estimate of drug-likeness (QED) is 0.607. The van der Waals surface area contributed by atoms with E-state index in [0.29, 0.717) is 24.3 Å². The SMILES string of the molecule is CN1CCN([C@H]2CC[C@@]3(C)[C@H](CC[C@@H]4[C@@H]3CC[C@]3(C)[C@@H](c5ccc(=O)oc5)[C@H](CC(=O)O)C[C@]43O)C2)CC1. The van der Waals surface area contributed by atoms with Crippen molar-refractivity contribution < 1.29 is 19.4 Å². The number of aliphatic carboxylic acids is 1. The second-order valence-electron chi connectivity index (χ2n) is 14.1. The Hall–Kier alpha value is -1.70. The van der Waals surface area contributed by atoms with Crippen molar-refractivity contribution in [2.45, 2.75) is 89.2 Å². The molecular weight excluding hydrogens is 480 g/mol. The number of rotatable bonds is 4. The molecule has 210 valence electrons. The van der Waals surface area contributed by atoms with Gasteiger partial charge in [0.1, 0.15) is 0 Å². The van der Waals surface area contributed by atoms with Crippen molar-refractivity contribution in [1.29, 1.82) is 0 Å². The maximum absolute atomic E-state index is 12.7. The Morgan fingerprint density at radius 3 is 2.50 bits per heavy atom. The number of carboxylic acids is 1. The first-order valence-electron chi connectivity index (χ1n) is 15.0. The van der Waals surface area contributed by atoms with E-state index in [-0.39, 0.29) is 29.6 Å². The molecule has 4 aliphatic carbocycles. The van der Waals surface area contributed by atoms with Crippen molar-refractivity contribution in [2.75, 3.05) is 33.2 Å². The van der Waals surface area contributed by atoms with Crippen LogP contribution in [-0.4, -0.2) is 70.9 Å². The molecule has 0 radical (unpaired) electrons. The van der Waals surface area contributed by atoms with Gasteiger partial charge in [0.25, 0.3) is 0 Å². The molecule has 7 nitrogen and oxygen atoms in total. The lowest BCUT2D eigenvalue weighted by Crippen LogP contribution is -2.62. The Morgan fingerprint density at radius 1 is 1.05 bits per heavy atom. The van der Waals surface area contributed by atoms with Crippen LogP contribution < -0.4 is 5.63 Å². The van der Waals surface area contributed by atoms with Gasteiger partial charge in [0, 0.05) is 50.1 Å². The number of aliphatic hydroxyl groups is 1. The minimum atomic E-state index is -0.904. The summed E-state index contributed by atoms with van der Waals surface area (Å²) in [5, 5.41) is 22.5. The zero-order valence-corrected chi connectivity index (χ0v) is 23.4. The van der Waals surface area contributed by atoms with Gasteiger partial charge in [-0.2, -0.15) is 0 Å². The molecule has 0 bridgehead atoms. The normalized spacial score (nSPS) is 45.7. The van der Waals surface area contributed by atoms with E-state index in [0.717, 1.165) is 44.3 Å². The molecule has 1 saturated heterocycles. The highest BCUT2D eigenvalue weighted by atomic mass is 16.4. The van der Waals surface area contributed by atoms with Gasteiger partial charge in [-0.25, -0.2) is 4.79 Å². The number of likely N-dealkylation sites (N-methyl/N-ethyl adjacent to an activating group) is 1. The van der Waals surface area contributed by atoms with Crippen molar-refractivity contribution in [3.05, 3.63) is 34.4 Å². The first kappa shape index (κ1) is 26.5. The number of piperazine rings is 1. The predicted molar refractivity (Wildman–Crippen MR) is 145 cm³/mol. The zero-order chi connectivity index (χ0) is 26.9. The molecule has 2 N–H and O–H groups in total. The molecule has 7 heteroatoms. The van der Waals surface area contributed by atoms with Crippen molar-refractivity contribution >= 4 is 5.97 Å². The molecule has 2 heterocycles. The summed E-state index contributed by atoms with van der Waals surface area (Å²) in [4.78, 5) is 28.8. The second-order valence-corrected chi connectivity index (χ2v) is 14.1. The van der Waals surface area contributed by atoms with E-state index in [2.05, 4.69) is 30.7 Å². The van der Waals surface area contributed by atoms with Crippen LogP contribution in [-0.2, 0) is 4.79 Å². The molecule has 1 aromatic heterocycles. The van der Waals surface area contributed by atoms with E-state index >= 15 is 0 Å². The van der Waals surface area contributed by atoms with Gasteiger partial charge in [0.2, 0.25) is 0 Å². The van der Waals surface area contributed by atoms with E-state index in [1.807, 2.05) is 0 Å². The summed E-state index contributed by atoms with van der Waals surface area (Å²) in [6.45, 7) is 9.41. The molecule has 0 aromatic carbocycles. The van der Waals surface area contributed by atoms with Gasteiger partial charge in [-0.3, -0.25) is 9.69 Å². The van der Waals surface area contributed by atoms with Crippen molar-refractivity contribution in [3.8, 4) is 0 Å². The fraction of sp³-hybridized carbons (Fsp3) is 0.806. The third-order valence-electron chi connectivity index (χ3n) is 12.5. The van der Waals surface area contributed by atoms with Crippen LogP contribution in [0.15, 0.2) is 27.6 Å². The van der Waals surface area contributed by atoms with Gasteiger partial charge >= 0.3 is 11.6 Å². The summed E-state index contributed by atoms with van der Waals surface area (Å²) in [6, 6.07) is 3.93. The first-order chi connectivity index (χ1) is 18.0. The predicted octanol–water partition coefficient (Wildman–Crippen LogP) is 4.20. The molecule has 6 rings (SSSR count). The van der Waals surface area contributed by atoms with Crippen LogP contribution in [0.2, 0.25) is 0 Å². The van der Waals surface area contributed by atoms with Crippen LogP contribution in [0.25, 0.3) is 0 Å². The van der Waals surface area contributed by atoms with Crippen molar-refractivity contribution in [2.24, 2.45) is 34.5 Å². The highest BCUT2D eigenvalue weighted by molar-refractivity contribution is 5.67. The van der Waals surface area contributed by atoms with E-state index < -0.39 is 22.6 Å². The van der Waals surface area contributed by atoms with Crippen LogP contribution in [0, 0.1) is 34.5 Å². The summed E-state index contributed by atoms with van der Waals surface area (Å²) in [5.41, 5.74) is -0.638. The van der Waals surface area contributed by atoms with Gasteiger partial charge in [-0.1, -0.05) is 13.8 Å². The third kappa shape index (κ3) is 4.02. The Labute approximate surface area is 226 Å². The Kier molecular flexibility index (Phi) is 6.59. The molecule has 0 spiro atoms. The lowest BCUT2D eigenvalue weighted by atomic mass is 9.43. The summed E-state index contributed by atoms with van der Waals surface area (Å²) < 4.78 is 5.25. The molecule has 0 unspecified atom stereocenters. The van der Waals surface area contributed by atoms with E-state index in [1.165, 1.54) is 44.7 Å². The number of fused-ring (bicyclic) bond motifs is 5. The minimum absolute atomic E-state index is 0.0334. The lowest BCUT2D eigenvalue weighted by molar-refractivity contribution is -0.204. The lowest BCUT2D eigenvalue weighted by Gasteiger charge is -2.64. The van der Waals surface area contributed by atoms with Crippen molar-refractivity contribution in [1.82, 2.24) is 9.80 Å². The van der Waals surface area contributed by atoms with Crippen LogP contribution in [0.1, 0.15) is 83.1 Å². The van der Waals surface area contributed by atoms with Gasteiger partial charge in [0.15, 0.2) is 0 Å². The molecule has 1 aromatic rings. The number of carboxylic acid groups (broad SMARTS) is 1. The maximum Gasteiger partial charge on any atom is 0.335 e. The van der Waals surface area contributed by atoms with Gasteiger partial charge < -0.3 is 19.5 Å². The average Bonchev–Trinajstić information content (AvgIpc) is 3.10. The molecule has 38 heavy (non-hydrogen) atoms. The van der Waals surface area contributed by atoms with Crippen LogP contribution in [0.3, 0.4) is 0 Å². The van der Waals surface area contributed by atoms with Crippen LogP contribution >= 0.6 is 0 Å². The molecule has 5 aliphatic rings. The fourth-order valence-electron chi connectivity index (χ4n) is 10.5. The van der Waals surface area contributed by atoms with Crippen LogP contribution in [0.5, 0.6) is 0 Å². The third-order valence-corrected chi connectivity index (χ3v) is 12.5. The molecule has 4 saturated carbocycles. The monoisotopic (exact) mass is 526 g/mol. The van der Waals surface area contributed by atoms with Gasteiger partial charge in [-0.05, 0) is 105 Å². The van der Waals surface area contributed by atoms with Gasteiger partial charge in [-0.15, -0.1) is 0 Å². The van der Waals surface area contributed by atoms with Crippen LogP contribution in [0.4, 0.5) is 0 Å². The Morgan fingerprint density at radius 2 is 1.82 bits per heavy atom. The molecule has 0 amide bonds. The largest absolute Gasteiger partial charge is 0.481 e. The smallest absolute Gasteiger partial charge is 0.335 e. The summed E-state index contributed by atoms with van der Waals surface area (Å²) in [7, 11) is 2.22. The Balaban J connectivity index is 1.27. The Bertz CT molecular complexity index is 1090. The van der Waals surface area contributed by atoms with Gasteiger partial charge in [0.05, 0.1) is 11.9 Å². The number of nitrogens with zero attached hydrogens (tertiary/aromatic N) is 2. The maximum atomic E-state index is 12.7. The molecule has 5 fully saturated rings. The minimum Gasteiger partial charge on any atom is -0.481 e. The topological polar surface area (TPSA) is 94.2 Å². The fourth-order valence-corrected chi connectivity index (χ4v) is 10.5.